The molecular formula is C48H39N3. The van der Waals surface area contributed by atoms with Gasteiger partial charge in [-0.1, -0.05) is 159 Å². The average molecular weight is 658 g/mol. The van der Waals surface area contributed by atoms with Crippen LogP contribution in [0, 0.1) is 5.92 Å². The summed E-state index contributed by atoms with van der Waals surface area (Å²) in [6, 6.07) is 47.8. The Hall–Kier alpha value is -6.06. The fraction of sp³-hybridized carbons (Fsp3) is 0.125. The van der Waals surface area contributed by atoms with Crippen LogP contribution in [0.15, 0.2) is 176 Å². The van der Waals surface area contributed by atoms with Gasteiger partial charge in [0.05, 0.1) is 11.4 Å². The minimum Gasteiger partial charge on any atom is -0.340 e. The molecule has 0 N–H and O–H groups in total. The number of hydrogen-bond acceptors (Lipinski definition) is 3. The Morgan fingerprint density at radius 3 is 1.94 bits per heavy atom. The lowest BCUT2D eigenvalue weighted by atomic mass is 9.77. The predicted molar refractivity (Wildman–Crippen MR) is 213 cm³/mol. The Labute approximate surface area is 300 Å². The van der Waals surface area contributed by atoms with Crippen molar-refractivity contribution in [2.75, 3.05) is 11.4 Å². The molecule has 0 saturated carbocycles. The van der Waals surface area contributed by atoms with E-state index in [9.17, 15) is 0 Å². The van der Waals surface area contributed by atoms with E-state index in [0.29, 0.717) is 5.92 Å². The molecule has 3 heteroatoms. The normalized spacial score (nSPS) is 19.0. The number of anilines is 2. The van der Waals surface area contributed by atoms with Crippen molar-refractivity contribution in [1.29, 1.82) is 0 Å². The van der Waals surface area contributed by atoms with E-state index in [1.807, 2.05) is 6.07 Å². The van der Waals surface area contributed by atoms with Crippen molar-refractivity contribution in [1.82, 2.24) is 9.97 Å². The van der Waals surface area contributed by atoms with E-state index in [4.69, 9.17) is 9.97 Å². The van der Waals surface area contributed by atoms with Gasteiger partial charge in [-0.25, -0.2) is 9.97 Å². The van der Waals surface area contributed by atoms with Crippen molar-refractivity contribution in [2.45, 2.75) is 25.2 Å². The zero-order chi connectivity index (χ0) is 34.2. The van der Waals surface area contributed by atoms with E-state index in [0.717, 1.165) is 53.3 Å². The first-order valence-corrected chi connectivity index (χ1v) is 18.0. The summed E-state index contributed by atoms with van der Waals surface area (Å²) in [4.78, 5) is 12.8. The molecule has 3 aliphatic rings. The SMILES string of the molecule is CC1C=C(c2ccc(-c3cc(-c4ccc(N5CC6(C=CC=CC6)c6ccccc65)cc4)nc(-c4ccc(-c5ccccc5)cc4)n3)cc2)C=CC1. The van der Waals surface area contributed by atoms with Crippen molar-refractivity contribution in [2.24, 2.45) is 5.92 Å². The van der Waals surface area contributed by atoms with Gasteiger partial charge >= 0.3 is 0 Å². The molecule has 1 aliphatic heterocycles. The number of nitrogens with zero attached hydrogens (tertiary/aromatic N) is 3. The molecule has 2 atom stereocenters. The fourth-order valence-corrected chi connectivity index (χ4v) is 7.79. The molecule has 51 heavy (non-hydrogen) atoms. The Kier molecular flexibility index (Phi) is 7.89. The number of hydrogen-bond donors (Lipinski definition) is 0. The smallest absolute Gasteiger partial charge is 0.160 e. The van der Waals surface area contributed by atoms with Gasteiger partial charge in [-0.05, 0) is 70.9 Å². The van der Waals surface area contributed by atoms with Gasteiger partial charge in [0.2, 0.25) is 0 Å². The number of para-hydroxylation sites is 1. The van der Waals surface area contributed by atoms with E-state index >= 15 is 0 Å². The van der Waals surface area contributed by atoms with E-state index in [1.54, 1.807) is 0 Å². The van der Waals surface area contributed by atoms with Crippen LogP contribution in [0.4, 0.5) is 11.4 Å². The predicted octanol–water partition coefficient (Wildman–Crippen LogP) is 12.0. The lowest BCUT2D eigenvalue weighted by Crippen LogP contribution is -2.30. The molecule has 2 unspecified atom stereocenters. The molecule has 2 aliphatic carbocycles. The van der Waals surface area contributed by atoms with Gasteiger partial charge in [0.25, 0.3) is 0 Å². The summed E-state index contributed by atoms with van der Waals surface area (Å²) >= 11 is 0. The average Bonchev–Trinajstić information content (AvgIpc) is 3.51. The number of allylic oxidation sites excluding steroid dienone is 7. The molecule has 0 amide bonds. The van der Waals surface area contributed by atoms with E-state index in [-0.39, 0.29) is 5.41 Å². The summed E-state index contributed by atoms with van der Waals surface area (Å²) in [5, 5.41) is 0. The second kappa shape index (κ2) is 13.0. The van der Waals surface area contributed by atoms with Crippen molar-refractivity contribution in [3.8, 4) is 45.0 Å². The second-order valence-electron chi connectivity index (χ2n) is 14.0. The third kappa shape index (κ3) is 5.95. The third-order valence-corrected chi connectivity index (χ3v) is 10.6. The number of rotatable bonds is 6. The summed E-state index contributed by atoms with van der Waals surface area (Å²) in [6.07, 6.45) is 18.0. The Bertz CT molecular complexity index is 2330. The van der Waals surface area contributed by atoms with Crippen LogP contribution in [0.3, 0.4) is 0 Å². The largest absolute Gasteiger partial charge is 0.340 e. The van der Waals surface area contributed by atoms with Crippen molar-refractivity contribution < 1.29 is 0 Å². The van der Waals surface area contributed by atoms with Crippen LogP contribution in [-0.2, 0) is 5.41 Å². The van der Waals surface area contributed by atoms with Crippen LogP contribution >= 0.6 is 0 Å². The monoisotopic (exact) mass is 657 g/mol. The zero-order valence-electron chi connectivity index (χ0n) is 28.8. The van der Waals surface area contributed by atoms with Crippen LogP contribution in [-0.4, -0.2) is 16.5 Å². The van der Waals surface area contributed by atoms with Gasteiger partial charge in [0.1, 0.15) is 0 Å². The lowest BCUT2D eigenvalue weighted by molar-refractivity contribution is 0.579. The third-order valence-electron chi connectivity index (χ3n) is 10.6. The van der Waals surface area contributed by atoms with E-state index in [1.165, 1.54) is 39.2 Å². The number of benzene rings is 5. The summed E-state index contributed by atoms with van der Waals surface area (Å²) < 4.78 is 0. The van der Waals surface area contributed by atoms with Gasteiger partial charge in [0.15, 0.2) is 5.82 Å². The second-order valence-corrected chi connectivity index (χ2v) is 14.0. The minimum absolute atomic E-state index is 0.00808. The summed E-state index contributed by atoms with van der Waals surface area (Å²) in [6.45, 7) is 3.20. The lowest BCUT2D eigenvalue weighted by Gasteiger charge is -2.28. The quantitative estimate of drug-likeness (QED) is 0.178. The van der Waals surface area contributed by atoms with E-state index in [2.05, 4.69) is 182 Å². The highest BCUT2D eigenvalue weighted by Gasteiger charge is 2.40. The van der Waals surface area contributed by atoms with Gasteiger partial charge < -0.3 is 4.90 Å². The first-order chi connectivity index (χ1) is 25.1. The zero-order valence-corrected chi connectivity index (χ0v) is 28.8. The van der Waals surface area contributed by atoms with Crippen LogP contribution in [0.25, 0.3) is 50.6 Å². The maximum Gasteiger partial charge on any atom is 0.160 e. The molecule has 0 saturated heterocycles. The fourth-order valence-electron chi connectivity index (χ4n) is 7.79. The van der Waals surface area contributed by atoms with Gasteiger partial charge in [0, 0.05) is 40.0 Å². The molecule has 2 heterocycles. The Morgan fingerprint density at radius 1 is 0.608 bits per heavy atom. The summed E-state index contributed by atoms with van der Waals surface area (Å²) in [5.74, 6) is 1.27. The Morgan fingerprint density at radius 2 is 1.24 bits per heavy atom. The van der Waals surface area contributed by atoms with Gasteiger partial charge in [-0.2, -0.15) is 0 Å². The number of fused-ring (bicyclic) bond motifs is 2. The van der Waals surface area contributed by atoms with Crippen LogP contribution < -0.4 is 4.90 Å². The van der Waals surface area contributed by atoms with Crippen molar-refractivity contribution in [3.63, 3.8) is 0 Å². The number of aromatic nitrogens is 2. The highest BCUT2D eigenvalue weighted by atomic mass is 15.2. The molecule has 1 aromatic heterocycles. The molecule has 1 spiro atoms. The van der Waals surface area contributed by atoms with Crippen LogP contribution in [0.1, 0.15) is 30.9 Å². The molecule has 6 aromatic rings. The highest BCUT2D eigenvalue weighted by molar-refractivity contribution is 5.80. The van der Waals surface area contributed by atoms with Gasteiger partial charge in [-0.3, -0.25) is 0 Å². The molecule has 246 valence electrons. The van der Waals surface area contributed by atoms with Crippen LogP contribution in [0.2, 0.25) is 0 Å². The summed E-state index contributed by atoms with van der Waals surface area (Å²) in [7, 11) is 0. The van der Waals surface area contributed by atoms with Crippen molar-refractivity contribution in [3.05, 3.63) is 187 Å². The highest BCUT2D eigenvalue weighted by Crippen LogP contribution is 2.48. The Balaban J connectivity index is 1.08. The minimum atomic E-state index is 0.00808. The molecule has 0 fully saturated rings. The molecular weight excluding hydrogens is 619 g/mol. The maximum absolute atomic E-state index is 5.17. The van der Waals surface area contributed by atoms with Crippen LogP contribution in [0.5, 0.6) is 0 Å². The standard InChI is InChI=1S/C48H39N3/c1-34-11-10-14-41(31-34)37-17-21-38(22-18-37)44-32-45(50-47(49-44)40-23-19-36(20-24-40)35-12-4-2-5-13-35)39-25-27-42(28-26-39)51-33-48(29-8-3-9-30-48)43-15-6-7-16-46(43)51/h2-10,12-29,31-32,34H,11,30,33H2,1H3. The molecule has 5 aromatic carbocycles. The molecule has 3 nitrogen and oxygen atoms in total. The summed E-state index contributed by atoms with van der Waals surface area (Å²) in [5.41, 5.74) is 13.7. The molecule has 9 rings (SSSR count). The molecule has 0 radical (unpaired) electrons. The van der Waals surface area contributed by atoms with E-state index < -0.39 is 0 Å². The first kappa shape index (κ1) is 31.0. The molecule has 0 bridgehead atoms. The van der Waals surface area contributed by atoms with Gasteiger partial charge in [-0.15, -0.1) is 0 Å². The first-order valence-electron chi connectivity index (χ1n) is 18.0. The topological polar surface area (TPSA) is 29.0 Å². The van der Waals surface area contributed by atoms with Crippen molar-refractivity contribution >= 4 is 16.9 Å². The maximum atomic E-state index is 5.17.